The van der Waals surface area contributed by atoms with E-state index in [4.69, 9.17) is 0 Å². The van der Waals surface area contributed by atoms with Gasteiger partial charge >= 0.3 is 0 Å². The number of piperazine rings is 1. The predicted molar refractivity (Wildman–Crippen MR) is 97.1 cm³/mol. The molecule has 1 saturated heterocycles. The Morgan fingerprint density at radius 2 is 1.64 bits per heavy atom. The minimum atomic E-state index is -0.977. The highest BCUT2D eigenvalue weighted by Crippen LogP contribution is 2.17. The number of nitrogens with zero attached hydrogens (tertiary/aromatic N) is 2. The van der Waals surface area contributed by atoms with Crippen LogP contribution in [0.15, 0.2) is 42.5 Å². The van der Waals surface area contributed by atoms with Crippen molar-refractivity contribution in [3.63, 3.8) is 0 Å². The van der Waals surface area contributed by atoms with Crippen molar-refractivity contribution in [3.05, 3.63) is 48.0 Å². The van der Waals surface area contributed by atoms with Crippen molar-refractivity contribution in [2.45, 2.75) is 25.9 Å². The Kier molecular flexibility index (Phi) is 5.34. The van der Waals surface area contributed by atoms with E-state index in [1.807, 2.05) is 17.0 Å². The Morgan fingerprint density at radius 3 is 2.32 bits per heavy atom. The average molecular weight is 340 g/mol. The number of fused-ring (bicyclic) bond motifs is 1. The van der Waals surface area contributed by atoms with E-state index < -0.39 is 6.10 Å². The van der Waals surface area contributed by atoms with Crippen LogP contribution < -0.4 is 0 Å². The fraction of sp³-hybridized carbons (Fsp3) is 0.400. The number of carbonyl (C=O) groups is 2. The van der Waals surface area contributed by atoms with Gasteiger partial charge in [0.2, 0.25) is 5.91 Å². The van der Waals surface area contributed by atoms with Crippen LogP contribution in [-0.2, 0) is 16.0 Å². The molecule has 1 aliphatic heterocycles. The van der Waals surface area contributed by atoms with Gasteiger partial charge in [-0.15, -0.1) is 0 Å². The van der Waals surface area contributed by atoms with Gasteiger partial charge in [0.15, 0.2) is 0 Å². The highest BCUT2D eigenvalue weighted by molar-refractivity contribution is 5.83. The van der Waals surface area contributed by atoms with Crippen LogP contribution in [0.2, 0.25) is 0 Å². The fourth-order valence-corrected chi connectivity index (χ4v) is 3.24. The molecule has 2 amide bonds. The van der Waals surface area contributed by atoms with E-state index in [2.05, 4.69) is 30.3 Å². The molecule has 0 spiro atoms. The van der Waals surface area contributed by atoms with Crippen molar-refractivity contribution >= 4 is 22.6 Å². The van der Waals surface area contributed by atoms with E-state index in [1.54, 1.807) is 4.90 Å². The first-order valence-corrected chi connectivity index (χ1v) is 8.77. The van der Waals surface area contributed by atoms with Crippen molar-refractivity contribution in [2.24, 2.45) is 0 Å². The molecule has 0 aliphatic carbocycles. The molecule has 5 heteroatoms. The summed E-state index contributed by atoms with van der Waals surface area (Å²) >= 11 is 0. The van der Waals surface area contributed by atoms with Crippen molar-refractivity contribution < 1.29 is 14.7 Å². The quantitative estimate of drug-likeness (QED) is 0.924. The van der Waals surface area contributed by atoms with Gasteiger partial charge in [-0.3, -0.25) is 9.59 Å². The minimum Gasteiger partial charge on any atom is -0.384 e. The average Bonchev–Trinajstić information content (AvgIpc) is 2.65. The summed E-state index contributed by atoms with van der Waals surface area (Å²) in [6, 6.07) is 14.5. The molecular formula is C20H24N2O3. The molecule has 25 heavy (non-hydrogen) atoms. The maximum Gasteiger partial charge on any atom is 0.251 e. The lowest BCUT2D eigenvalue weighted by molar-refractivity contribution is -0.144. The summed E-state index contributed by atoms with van der Waals surface area (Å²) in [5.74, 6) is -0.138. The Labute approximate surface area is 147 Å². The second-order valence-corrected chi connectivity index (χ2v) is 6.56. The number of hydrogen-bond acceptors (Lipinski definition) is 3. The van der Waals surface area contributed by atoms with Crippen LogP contribution in [0.4, 0.5) is 0 Å². The van der Waals surface area contributed by atoms with Crippen LogP contribution in [0.25, 0.3) is 10.8 Å². The van der Waals surface area contributed by atoms with Crippen LogP contribution in [0.5, 0.6) is 0 Å². The third kappa shape index (κ3) is 4.17. The topological polar surface area (TPSA) is 60.9 Å². The number of aliphatic hydroxyl groups excluding tert-OH is 1. The van der Waals surface area contributed by atoms with Gasteiger partial charge in [0.25, 0.3) is 5.91 Å². The molecule has 0 unspecified atom stereocenters. The smallest absolute Gasteiger partial charge is 0.251 e. The SMILES string of the molecule is C[C@@H](O)C(=O)N1CCN(C(=O)CCc2ccc3ccccc3c2)CC1. The number of aliphatic hydroxyl groups is 1. The third-order valence-electron chi connectivity index (χ3n) is 4.74. The van der Waals surface area contributed by atoms with Gasteiger partial charge in [-0.05, 0) is 29.7 Å². The number of carbonyl (C=O) groups excluding carboxylic acids is 2. The molecule has 3 rings (SSSR count). The standard InChI is InChI=1S/C20H24N2O3/c1-15(23)20(25)22-12-10-21(11-13-22)19(24)9-7-16-6-8-17-4-2-3-5-18(17)14-16/h2-6,8,14-15,23H,7,9-13H2,1H3/t15-/m1/s1. The molecule has 5 nitrogen and oxygen atoms in total. The lowest BCUT2D eigenvalue weighted by atomic mass is 10.0. The highest BCUT2D eigenvalue weighted by atomic mass is 16.3. The predicted octanol–water partition coefficient (Wildman–Crippen LogP) is 1.82. The van der Waals surface area contributed by atoms with Gasteiger partial charge in [-0.25, -0.2) is 0 Å². The lowest BCUT2D eigenvalue weighted by Gasteiger charge is -2.35. The first kappa shape index (κ1) is 17.4. The number of aryl methyl sites for hydroxylation is 1. The van der Waals surface area contributed by atoms with Gasteiger partial charge in [-0.1, -0.05) is 42.5 Å². The third-order valence-corrected chi connectivity index (χ3v) is 4.74. The van der Waals surface area contributed by atoms with E-state index in [0.29, 0.717) is 32.6 Å². The normalized spacial score (nSPS) is 16.1. The van der Waals surface area contributed by atoms with Gasteiger partial charge in [-0.2, -0.15) is 0 Å². The number of rotatable bonds is 4. The Morgan fingerprint density at radius 1 is 1.00 bits per heavy atom. The summed E-state index contributed by atoms with van der Waals surface area (Å²) in [6.45, 7) is 3.53. The zero-order valence-electron chi connectivity index (χ0n) is 14.5. The number of amides is 2. The van der Waals surface area contributed by atoms with Crippen LogP contribution >= 0.6 is 0 Å². The molecule has 132 valence electrons. The molecule has 0 bridgehead atoms. The maximum absolute atomic E-state index is 12.4. The highest BCUT2D eigenvalue weighted by Gasteiger charge is 2.25. The minimum absolute atomic E-state index is 0.123. The first-order valence-electron chi connectivity index (χ1n) is 8.77. The van der Waals surface area contributed by atoms with Crippen LogP contribution in [-0.4, -0.2) is 59.0 Å². The van der Waals surface area contributed by atoms with E-state index in [-0.39, 0.29) is 11.8 Å². The van der Waals surface area contributed by atoms with E-state index in [0.717, 1.165) is 12.0 Å². The molecule has 0 aromatic heterocycles. The zero-order valence-corrected chi connectivity index (χ0v) is 14.5. The summed E-state index contributed by atoms with van der Waals surface area (Å²) in [4.78, 5) is 27.6. The molecule has 0 radical (unpaired) electrons. The molecule has 0 saturated carbocycles. The zero-order chi connectivity index (χ0) is 17.8. The summed E-state index contributed by atoms with van der Waals surface area (Å²) < 4.78 is 0. The molecule has 1 heterocycles. The second kappa shape index (κ2) is 7.66. The second-order valence-electron chi connectivity index (χ2n) is 6.56. The molecule has 1 fully saturated rings. The molecule has 1 atom stereocenters. The van der Waals surface area contributed by atoms with Gasteiger partial charge in [0.05, 0.1) is 0 Å². The summed E-state index contributed by atoms with van der Waals surface area (Å²) in [7, 11) is 0. The van der Waals surface area contributed by atoms with Crippen LogP contribution in [0, 0.1) is 0 Å². The van der Waals surface area contributed by atoms with E-state index in [1.165, 1.54) is 17.7 Å². The first-order chi connectivity index (χ1) is 12.0. The van der Waals surface area contributed by atoms with Crippen LogP contribution in [0.1, 0.15) is 18.9 Å². The summed E-state index contributed by atoms with van der Waals surface area (Å²) in [5.41, 5.74) is 1.16. The van der Waals surface area contributed by atoms with Crippen molar-refractivity contribution in [1.29, 1.82) is 0 Å². The maximum atomic E-state index is 12.4. The van der Waals surface area contributed by atoms with E-state index >= 15 is 0 Å². The largest absolute Gasteiger partial charge is 0.384 e. The van der Waals surface area contributed by atoms with Crippen molar-refractivity contribution in [1.82, 2.24) is 9.80 Å². The van der Waals surface area contributed by atoms with Gasteiger partial charge in [0, 0.05) is 32.6 Å². The summed E-state index contributed by atoms with van der Waals surface area (Å²) in [6.07, 6.45) is 0.217. The van der Waals surface area contributed by atoms with Crippen molar-refractivity contribution in [2.75, 3.05) is 26.2 Å². The molecule has 1 aliphatic rings. The van der Waals surface area contributed by atoms with Crippen LogP contribution in [0.3, 0.4) is 0 Å². The summed E-state index contributed by atoms with van der Waals surface area (Å²) in [5, 5.41) is 11.8. The fourth-order valence-electron chi connectivity index (χ4n) is 3.24. The number of benzene rings is 2. The lowest BCUT2D eigenvalue weighted by Crippen LogP contribution is -2.52. The van der Waals surface area contributed by atoms with Crippen molar-refractivity contribution in [3.8, 4) is 0 Å². The molecule has 2 aromatic carbocycles. The monoisotopic (exact) mass is 340 g/mol. The van der Waals surface area contributed by atoms with E-state index in [9.17, 15) is 14.7 Å². The molecule has 1 N–H and O–H groups in total. The number of hydrogen-bond donors (Lipinski definition) is 1. The molecular weight excluding hydrogens is 316 g/mol. The molecule has 2 aromatic rings. The van der Waals surface area contributed by atoms with Gasteiger partial charge in [0.1, 0.15) is 6.10 Å². The Balaban J connectivity index is 1.52. The van der Waals surface area contributed by atoms with Gasteiger partial charge < -0.3 is 14.9 Å². The Bertz CT molecular complexity index is 764. The Hall–Kier alpha value is -2.40.